The van der Waals surface area contributed by atoms with Gasteiger partial charge in [-0.25, -0.2) is 4.39 Å². The molecule has 0 aromatic heterocycles. The van der Waals surface area contributed by atoms with Crippen molar-refractivity contribution in [1.29, 1.82) is 0 Å². The SMILES string of the molecule is Cc1cc(Br)cc(CN2CCN(C)CC2)c1F. The highest BCUT2D eigenvalue weighted by atomic mass is 79.9. The molecule has 1 aromatic carbocycles. The predicted octanol–water partition coefficient (Wildman–Crippen LogP) is 2.64. The van der Waals surface area contributed by atoms with E-state index in [0.29, 0.717) is 12.1 Å². The summed E-state index contributed by atoms with van der Waals surface area (Å²) in [5.74, 6) is -0.0628. The van der Waals surface area contributed by atoms with Crippen LogP contribution < -0.4 is 0 Å². The van der Waals surface area contributed by atoms with Gasteiger partial charge in [0.25, 0.3) is 0 Å². The Morgan fingerprint density at radius 3 is 2.53 bits per heavy atom. The molecule has 0 radical (unpaired) electrons. The number of likely N-dealkylation sites (N-methyl/N-ethyl adjacent to an activating group) is 1. The predicted molar refractivity (Wildman–Crippen MR) is 71.6 cm³/mol. The van der Waals surface area contributed by atoms with Gasteiger partial charge in [0.1, 0.15) is 5.82 Å². The Bertz CT molecular complexity index is 401. The van der Waals surface area contributed by atoms with Crippen LogP contribution in [0.4, 0.5) is 4.39 Å². The van der Waals surface area contributed by atoms with Crippen molar-refractivity contribution in [3.8, 4) is 0 Å². The quantitative estimate of drug-likeness (QED) is 0.828. The molecule has 2 rings (SSSR count). The lowest BCUT2D eigenvalue weighted by molar-refractivity contribution is 0.147. The van der Waals surface area contributed by atoms with E-state index >= 15 is 0 Å². The summed E-state index contributed by atoms with van der Waals surface area (Å²) in [6.07, 6.45) is 0. The lowest BCUT2D eigenvalue weighted by Crippen LogP contribution is -2.44. The highest BCUT2D eigenvalue weighted by Crippen LogP contribution is 2.21. The van der Waals surface area contributed by atoms with Crippen molar-refractivity contribution in [1.82, 2.24) is 9.80 Å². The van der Waals surface area contributed by atoms with E-state index < -0.39 is 0 Å². The first-order valence-corrected chi connectivity index (χ1v) is 6.71. The third-order valence-corrected chi connectivity index (χ3v) is 3.74. The van der Waals surface area contributed by atoms with Gasteiger partial charge in [-0.3, -0.25) is 4.90 Å². The van der Waals surface area contributed by atoms with E-state index in [0.717, 1.165) is 36.2 Å². The normalized spacial score (nSPS) is 18.6. The second kappa shape index (κ2) is 5.46. The first kappa shape index (κ1) is 13.0. The van der Waals surface area contributed by atoms with Gasteiger partial charge in [0.05, 0.1) is 0 Å². The molecule has 94 valence electrons. The smallest absolute Gasteiger partial charge is 0.130 e. The summed E-state index contributed by atoms with van der Waals surface area (Å²) in [6, 6.07) is 3.71. The first-order valence-electron chi connectivity index (χ1n) is 5.91. The molecule has 2 nitrogen and oxygen atoms in total. The summed E-state index contributed by atoms with van der Waals surface area (Å²) >= 11 is 3.43. The number of halogens is 2. The largest absolute Gasteiger partial charge is 0.304 e. The Balaban J connectivity index is 2.08. The second-order valence-corrected chi connectivity index (χ2v) is 5.69. The van der Waals surface area contributed by atoms with Crippen molar-refractivity contribution in [2.24, 2.45) is 0 Å². The van der Waals surface area contributed by atoms with E-state index in [-0.39, 0.29) is 5.82 Å². The van der Waals surface area contributed by atoms with Crippen LogP contribution in [0.5, 0.6) is 0 Å². The van der Waals surface area contributed by atoms with Crippen LogP contribution in [0.25, 0.3) is 0 Å². The van der Waals surface area contributed by atoms with Gasteiger partial charge in [0, 0.05) is 42.8 Å². The van der Waals surface area contributed by atoms with Gasteiger partial charge in [0.15, 0.2) is 0 Å². The Kier molecular flexibility index (Phi) is 4.17. The van der Waals surface area contributed by atoms with E-state index in [1.807, 2.05) is 19.1 Å². The van der Waals surface area contributed by atoms with Crippen LogP contribution in [0.1, 0.15) is 11.1 Å². The zero-order valence-corrected chi connectivity index (χ0v) is 11.9. The molecule has 0 spiro atoms. The monoisotopic (exact) mass is 300 g/mol. The number of piperazine rings is 1. The molecule has 0 bridgehead atoms. The molecular weight excluding hydrogens is 283 g/mol. The molecule has 0 amide bonds. The molecule has 0 N–H and O–H groups in total. The highest BCUT2D eigenvalue weighted by Gasteiger charge is 2.16. The molecule has 4 heteroatoms. The fourth-order valence-corrected chi connectivity index (χ4v) is 2.78. The zero-order valence-electron chi connectivity index (χ0n) is 10.3. The van der Waals surface area contributed by atoms with Crippen LogP contribution in [-0.4, -0.2) is 43.0 Å². The van der Waals surface area contributed by atoms with Crippen LogP contribution in [0.2, 0.25) is 0 Å². The standard InChI is InChI=1S/C13H18BrFN2/c1-10-7-12(14)8-11(13(10)15)9-17-5-3-16(2)4-6-17/h7-8H,3-6,9H2,1-2H3. The maximum Gasteiger partial charge on any atom is 0.130 e. The van der Waals surface area contributed by atoms with Crippen molar-refractivity contribution < 1.29 is 4.39 Å². The molecule has 1 aliphatic rings. The summed E-state index contributed by atoms with van der Waals surface area (Å²) in [7, 11) is 2.13. The number of hydrogen-bond acceptors (Lipinski definition) is 2. The molecule has 1 aliphatic heterocycles. The van der Waals surface area contributed by atoms with Crippen molar-refractivity contribution in [2.75, 3.05) is 33.2 Å². The van der Waals surface area contributed by atoms with Gasteiger partial charge >= 0.3 is 0 Å². The number of nitrogens with zero attached hydrogens (tertiary/aromatic N) is 2. The summed E-state index contributed by atoms with van der Waals surface area (Å²) in [5.41, 5.74) is 1.50. The van der Waals surface area contributed by atoms with Gasteiger partial charge in [-0.15, -0.1) is 0 Å². The Morgan fingerprint density at radius 1 is 1.24 bits per heavy atom. The Labute approximate surface area is 111 Å². The van der Waals surface area contributed by atoms with Crippen LogP contribution in [0.3, 0.4) is 0 Å². The van der Waals surface area contributed by atoms with Crippen LogP contribution in [-0.2, 0) is 6.54 Å². The average Bonchev–Trinajstić information content (AvgIpc) is 2.28. The molecule has 0 atom stereocenters. The maximum absolute atomic E-state index is 14.0. The van der Waals surface area contributed by atoms with E-state index in [4.69, 9.17) is 0 Å². The molecule has 1 fully saturated rings. The van der Waals surface area contributed by atoms with E-state index in [1.54, 1.807) is 0 Å². The van der Waals surface area contributed by atoms with Gasteiger partial charge in [-0.1, -0.05) is 15.9 Å². The van der Waals surface area contributed by atoms with Gasteiger partial charge in [0.2, 0.25) is 0 Å². The lowest BCUT2D eigenvalue weighted by atomic mass is 10.1. The summed E-state index contributed by atoms with van der Waals surface area (Å²) in [4.78, 5) is 4.61. The summed E-state index contributed by atoms with van der Waals surface area (Å²) < 4.78 is 14.9. The minimum atomic E-state index is -0.0628. The van der Waals surface area contributed by atoms with E-state index in [9.17, 15) is 4.39 Å². The topological polar surface area (TPSA) is 6.48 Å². The van der Waals surface area contributed by atoms with Crippen molar-refractivity contribution in [3.05, 3.63) is 33.5 Å². The molecule has 0 unspecified atom stereocenters. The van der Waals surface area contributed by atoms with Crippen molar-refractivity contribution in [2.45, 2.75) is 13.5 Å². The molecule has 17 heavy (non-hydrogen) atoms. The molecule has 0 saturated carbocycles. The number of benzene rings is 1. The maximum atomic E-state index is 14.0. The first-order chi connectivity index (χ1) is 8.06. The minimum absolute atomic E-state index is 0.0628. The average molecular weight is 301 g/mol. The Morgan fingerprint density at radius 2 is 1.88 bits per heavy atom. The number of rotatable bonds is 2. The second-order valence-electron chi connectivity index (χ2n) is 4.78. The van der Waals surface area contributed by atoms with Gasteiger partial charge < -0.3 is 4.90 Å². The van der Waals surface area contributed by atoms with Crippen LogP contribution in [0.15, 0.2) is 16.6 Å². The zero-order chi connectivity index (χ0) is 12.4. The third-order valence-electron chi connectivity index (χ3n) is 3.28. The summed E-state index contributed by atoms with van der Waals surface area (Å²) in [6.45, 7) is 6.68. The molecule has 1 heterocycles. The fraction of sp³-hybridized carbons (Fsp3) is 0.538. The lowest BCUT2D eigenvalue weighted by Gasteiger charge is -2.32. The molecule has 1 saturated heterocycles. The highest BCUT2D eigenvalue weighted by molar-refractivity contribution is 9.10. The van der Waals surface area contributed by atoms with Crippen LogP contribution >= 0.6 is 15.9 Å². The third kappa shape index (κ3) is 3.27. The fourth-order valence-electron chi connectivity index (χ4n) is 2.16. The van der Waals surface area contributed by atoms with Gasteiger partial charge in [-0.2, -0.15) is 0 Å². The molecule has 1 aromatic rings. The number of aryl methyl sites for hydroxylation is 1. The minimum Gasteiger partial charge on any atom is -0.304 e. The summed E-state index contributed by atoms with van der Waals surface area (Å²) in [5, 5.41) is 0. The van der Waals surface area contributed by atoms with Crippen molar-refractivity contribution >= 4 is 15.9 Å². The van der Waals surface area contributed by atoms with Gasteiger partial charge in [-0.05, 0) is 31.7 Å². The van der Waals surface area contributed by atoms with Crippen molar-refractivity contribution in [3.63, 3.8) is 0 Å². The van der Waals surface area contributed by atoms with E-state index in [1.165, 1.54) is 0 Å². The Hall–Kier alpha value is -0.450. The number of hydrogen-bond donors (Lipinski definition) is 0. The molecular formula is C13H18BrFN2. The van der Waals surface area contributed by atoms with Crippen LogP contribution in [0, 0.1) is 12.7 Å². The molecule has 0 aliphatic carbocycles. The van der Waals surface area contributed by atoms with E-state index in [2.05, 4.69) is 32.8 Å².